The molecule has 0 aromatic heterocycles. The lowest BCUT2D eigenvalue weighted by molar-refractivity contribution is 0.764. The van der Waals surface area contributed by atoms with Crippen molar-refractivity contribution in [1.29, 1.82) is 0 Å². The lowest BCUT2D eigenvalue weighted by Gasteiger charge is -2.18. The molecule has 4 nitrogen and oxygen atoms in total. The lowest BCUT2D eigenvalue weighted by Crippen LogP contribution is -2.07. The minimum Gasteiger partial charge on any atom is -0.378 e. The van der Waals surface area contributed by atoms with Crippen molar-refractivity contribution in [3.8, 4) is 11.1 Å². The predicted molar refractivity (Wildman–Crippen MR) is 111 cm³/mol. The summed E-state index contributed by atoms with van der Waals surface area (Å²) in [6.07, 6.45) is 1.05. The molecular weight excluding hydrogens is 332 g/mol. The van der Waals surface area contributed by atoms with Crippen LogP contribution in [0.3, 0.4) is 0 Å². The highest BCUT2D eigenvalue weighted by atomic mass is 15.1. The molecule has 3 aliphatic rings. The van der Waals surface area contributed by atoms with E-state index in [1.165, 1.54) is 50.4 Å². The number of benzene rings is 3. The number of hydrogen-bond acceptors (Lipinski definition) is 4. The SMILES string of the molecule is c1ccc2c(c1)CC(c1cc3c(c(-c4cccc5c4NCN5)c1)CNC3)N2. The third-order valence-electron chi connectivity index (χ3n) is 6.05. The molecule has 3 aromatic rings. The van der Waals surface area contributed by atoms with Crippen LogP contribution in [0, 0.1) is 0 Å². The van der Waals surface area contributed by atoms with Crippen molar-refractivity contribution in [2.24, 2.45) is 0 Å². The Labute approximate surface area is 159 Å². The van der Waals surface area contributed by atoms with Gasteiger partial charge in [-0.1, -0.05) is 36.4 Å². The number of rotatable bonds is 2. The average molecular weight is 354 g/mol. The summed E-state index contributed by atoms with van der Waals surface area (Å²) in [6, 6.07) is 20.4. The molecule has 0 fully saturated rings. The first kappa shape index (κ1) is 15.1. The van der Waals surface area contributed by atoms with E-state index in [1.807, 2.05) is 0 Å². The van der Waals surface area contributed by atoms with Crippen molar-refractivity contribution < 1.29 is 0 Å². The van der Waals surface area contributed by atoms with Gasteiger partial charge in [0.15, 0.2) is 0 Å². The van der Waals surface area contributed by atoms with Crippen LogP contribution in [0.15, 0.2) is 54.6 Å². The van der Waals surface area contributed by atoms with Gasteiger partial charge in [-0.2, -0.15) is 0 Å². The normalized spacial score (nSPS) is 18.9. The Balaban J connectivity index is 1.48. The summed E-state index contributed by atoms with van der Waals surface area (Å²) in [5.41, 5.74) is 12.0. The second-order valence-corrected chi connectivity index (χ2v) is 7.63. The fraction of sp³-hybridized carbons (Fsp3) is 0.217. The van der Waals surface area contributed by atoms with E-state index in [4.69, 9.17) is 0 Å². The predicted octanol–water partition coefficient (Wildman–Crippen LogP) is 4.46. The van der Waals surface area contributed by atoms with Gasteiger partial charge in [0.25, 0.3) is 0 Å². The number of anilines is 3. The van der Waals surface area contributed by atoms with Gasteiger partial charge in [-0.3, -0.25) is 0 Å². The fourth-order valence-corrected chi connectivity index (χ4v) is 4.73. The molecule has 1 atom stereocenters. The molecule has 6 rings (SSSR count). The second-order valence-electron chi connectivity index (χ2n) is 7.63. The largest absolute Gasteiger partial charge is 0.378 e. The van der Waals surface area contributed by atoms with Crippen molar-refractivity contribution >= 4 is 17.1 Å². The zero-order valence-electron chi connectivity index (χ0n) is 15.1. The summed E-state index contributed by atoms with van der Waals surface area (Å²) < 4.78 is 0. The highest BCUT2D eigenvalue weighted by molar-refractivity contribution is 5.91. The van der Waals surface area contributed by atoms with Crippen molar-refractivity contribution in [3.05, 3.63) is 76.9 Å². The first-order valence-corrected chi connectivity index (χ1v) is 9.69. The van der Waals surface area contributed by atoms with Gasteiger partial charge >= 0.3 is 0 Å². The highest BCUT2D eigenvalue weighted by Gasteiger charge is 2.26. The van der Waals surface area contributed by atoms with E-state index < -0.39 is 0 Å². The monoisotopic (exact) mass is 354 g/mol. The summed E-state index contributed by atoms with van der Waals surface area (Å²) in [6.45, 7) is 2.70. The smallest absolute Gasteiger partial charge is 0.0851 e. The quantitative estimate of drug-likeness (QED) is 0.549. The minimum absolute atomic E-state index is 0.342. The molecule has 0 amide bonds. The Hall–Kier alpha value is -2.98. The molecule has 0 spiro atoms. The molecule has 1 unspecified atom stereocenters. The Kier molecular flexibility index (Phi) is 3.22. The standard InChI is InChI=1S/C23H22N4/c1-2-6-20-14(4-1)10-22(27-20)15-8-16-11-24-12-19(16)18(9-15)17-5-3-7-21-23(17)26-13-25-21/h1-9,22,24-27H,10-13H2. The van der Waals surface area contributed by atoms with Crippen molar-refractivity contribution in [2.45, 2.75) is 25.6 Å². The Morgan fingerprint density at radius 3 is 2.67 bits per heavy atom. The summed E-state index contributed by atoms with van der Waals surface area (Å²) in [5, 5.41) is 14.2. The Morgan fingerprint density at radius 2 is 1.70 bits per heavy atom. The van der Waals surface area contributed by atoms with E-state index in [0.29, 0.717) is 6.04 Å². The van der Waals surface area contributed by atoms with E-state index in [0.717, 1.165) is 26.2 Å². The van der Waals surface area contributed by atoms with Gasteiger partial charge in [0.2, 0.25) is 0 Å². The average Bonchev–Trinajstić information content (AvgIpc) is 3.44. The molecule has 4 N–H and O–H groups in total. The van der Waals surface area contributed by atoms with Gasteiger partial charge in [0.1, 0.15) is 0 Å². The van der Waals surface area contributed by atoms with Gasteiger partial charge in [-0.05, 0) is 52.4 Å². The molecule has 3 aromatic carbocycles. The molecule has 134 valence electrons. The van der Waals surface area contributed by atoms with Gasteiger partial charge in [0.05, 0.1) is 24.1 Å². The van der Waals surface area contributed by atoms with Crippen LogP contribution in [-0.4, -0.2) is 6.67 Å². The molecule has 27 heavy (non-hydrogen) atoms. The number of para-hydroxylation sites is 2. The molecule has 0 radical (unpaired) electrons. The van der Waals surface area contributed by atoms with Crippen LogP contribution in [0.1, 0.15) is 28.3 Å². The molecule has 0 saturated heterocycles. The van der Waals surface area contributed by atoms with Crippen LogP contribution >= 0.6 is 0 Å². The van der Waals surface area contributed by atoms with Gasteiger partial charge in [-0.25, -0.2) is 0 Å². The van der Waals surface area contributed by atoms with Crippen LogP contribution in [0.5, 0.6) is 0 Å². The fourth-order valence-electron chi connectivity index (χ4n) is 4.73. The van der Waals surface area contributed by atoms with Gasteiger partial charge < -0.3 is 21.3 Å². The molecule has 3 aliphatic heterocycles. The van der Waals surface area contributed by atoms with Crippen LogP contribution in [0.4, 0.5) is 17.1 Å². The summed E-state index contributed by atoms with van der Waals surface area (Å²) in [7, 11) is 0. The Bertz CT molecular complexity index is 1030. The number of nitrogens with one attached hydrogen (secondary N) is 4. The maximum absolute atomic E-state index is 3.72. The third kappa shape index (κ3) is 2.33. The molecule has 0 bridgehead atoms. The van der Waals surface area contributed by atoms with Gasteiger partial charge in [-0.15, -0.1) is 0 Å². The summed E-state index contributed by atoms with van der Waals surface area (Å²) in [5.74, 6) is 0. The van der Waals surface area contributed by atoms with E-state index in [-0.39, 0.29) is 0 Å². The zero-order valence-corrected chi connectivity index (χ0v) is 15.1. The third-order valence-corrected chi connectivity index (χ3v) is 6.05. The summed E-state index contributed by atoms with van der Waals surface area (Å²) in [4.78, 5) is 0. The van der Waals surface area contributed by atoms with Crippen LogP contribution < -0.4 is 21.3 Å². The highest BCUT2D eigenvalue weighted by Crippen LogP contribution is 2.42. The van der Waals surface area contributed by atoms with Crippen molar-refractivity contribution in [2.75, 3.05) is 22.6 Å². The van der Waals surface area contributed by atoms with Crippen molar-refractivity contribution in [3.63, 3.8) is 0 Å². The maximum Gasteiger partial charge on any atom is 0.0851 e. The van der Waals surface area contributed by atoms with E-state index in [2.05, 4.69) is 75.9 Å². The first-order valence-electron chi connectivity index (χ1n) is 9.69. The molecule has 0 saturated carbocycles. The Morgan fingerprint density at radius 1 is 0.778 bits per heavy atom. The molecule has 4 heteroatoms. The van der Waals surface area contributed by atoms with Crippen LogP contribution in [0.25, 0.3) is 11.1 Å². The lowest BCUT2D eigenvalue weighted by atomic mass is 9.90. The van der Waals surface area contributed by atoms with Crippen LogP contribution in [-0.2, 0) is 19.5 Å². The van der Waals surface area contributed by atoms with E-state index in [9.17, 15) is 0 Å². The zero-order chi connectivity index (χ0) is 17.8. The number of hydrogen-bond donors (Lipinski definition) is 4. The molecule has 0 aliphatic carbocycles. The van der Waals surface area contributed by atoms with Crippen LogP contribution in [0.2, 0.25) is 0 Å². The first-order chi connectivity index (χ1) is 13.4. The van der Waals surface area contributed by atoms with Crippen molar-refractivity contribution in [1.82, 2.24) is 5.32 Å². The summed E-state index contributed by atoms with van der Waals surface area (Å²) >= 11 is 0. The minimum atomic E-state index is 0.342. The van der Waals surface area contributed by atoms with Gasteiger partial charge in [0, 0.05) is 24.3 Å². The number of fused-ring (bicyclic) bond motifs is 3. The topological polar surface area (TPSA) is 48.1 Å². The maximum atomic E-state index is 3.72. The molecule has 3 heterocycles. The molecular formula is C23H22N4. The van der Waals surface area contributed by atoms with E-state index in [1.54, 1.807) is 0 Å². The van der Waals surface area contributed by atoms with E-state index >= 15 is 0 Å². The second kappa shape index (κ2) is 5.76.